The van der Waals surface area contributed by atoms with Gasteiger partial charge < -0.3 is 10.4 Å². The lowest BCUT2D eigenvalue weighted by Crippen LogP contribution is -2.44. The van der Waals surface area contributed by atoms with E-state index in [9.17, 15) is 14.7 Å². The van der Waals surface area contributed by atoms with Crippen LogP contribution >= 0.6 is 0 Å². The average molecular weight is 273 g/mol. The van der Waals surface area contributed by atoms with Crippen molar-refractivity contribution < 1.29 is 14.7 Å². The number of aliphatic carboxylic acids is 1. The van der Waals surface area contributed by atoms with E-state index in [0.717, 1.165) is 24.8 Å². The van der Waals surface area contributed by atoms with Gasteiger partial charge in [-0.05, 0) is 31.2 Å². The molecule has 1 aromatic carbocycles. The fraction of sp³-hybridized carbons (Fsp3) is 0.500. The van der Waals surface area contributed by atoms with Crippen LogP contribution in [0.3, 0.4) is 0 Å². The molecule has 0 radical (unpaired) electrons. The highest BCUT2D eigenvalue weighted by atomic mass is 16.4. The van der Waals surface area contributed by atoms with Crippen molar-refractivity contribution in [1.82, 2.24) is 5.32 Å². The second-order valence-corrected chi connectivity index (χ2v) is 6.11. The highest BCUT2D eigenvalue weighted by molar-refractivity contribution is 5.86. The maximum atomic E-state index is 12.2. The van der Waals surface area contributed by atoms with Gasteiger partial charge in [0.15, 0.2) is 0 Å². The van der Waals surface area contributed by atoms with E-state index >= 15 is 0 Å². The molecule has 0 atom stereocenters. The van der Waals surface area contributed by atoms with Crippen LogP contribution in [0.25, 0.3) is 0 Å². The van der Waals surface area contributed by atoms with Crippen molar-refractivity contribution in [3.63, 3.8) is 0 Å². The van der Waals surface area contributed by atoms with E-state index in [4.69, 9.17) is 0 Å². The van der Waals surface area contributed by atoms with Crippen molar-refractivity contribution in [2.24, 2.45) is 5.41 Å². The summed E-state index contributed by atoms with van der Waals surface area (Å²) >= 11 is 0. The van der Waals surface area contributed by atoms with Crippen LogP contribution in [0.2, 0.25) is 0 Å². The molecule has 0 spiro atoms. The van der Waals surface area contributed by atoms with Crippen molar-refractivity contribution >= 4 is 11.9 Å². The molecule has 0 aliphatic heterocycles. The Bertz CT molecular complexity index is 530. The van der Waals surface area contributed by atoms with Gasteiger partial charge in [0.2, 0.25) is 5.91 Å². The second kappa shape index (κ2) is 4.62. The van der Waals surface area contributed by atoms with Gasteiger partial charge in [0.05, 0.1) is 11.0 Å². The molecule has 0 aromatic heterocycles. The van der Waals surface area contributed by atoms with Crippen LogP contribution < -0.4 is 5.32 Å². The smallest absolute Gasteiger partial charge is 0.310 e. The minimum Gasteiger partial charge on any atom is -0.481 e. The Kier molecular flexibility index (Phi) is 3.04. The summed E-state index contributed by atoms with van der Waals surface area (Å²) in [6.45, 7) is 0. The van der Waals surface area contributed by atoms with Crippen LogP contribution in [0, 0.1) is 5.41 Å². The number of amides is 1. The Morgan fingerprint density at radius 1 is 1.10 bits per heavy atom. The van der Waals surface area contributed by atoms with Gasteiger partial charge in [-0.25, -0.2) is 0 Å². The van der Waals surface area contributed by atoms with Gasteiger partial charge in [0.25, 0.3) is 0 Å². The van der Waals surface area contributed by atoms with Crippen LogP contribution in [0.5, 0.6) is 0 Å². The molecular formula is C16H19NO3. The molecule has 1 aromatic rings. The summed E-state index contributed by atoms with van der Waals surface area (Å²) in [5.41, 5.74) is 0.0601. The summed E-state index contributed by atoms with van der Waals surface area (Å²) in [7, 11) is 0. The molecule has 0 bridgehead atoms. The highest BCUT2D eigenvalue weighted by Crippen LogP contribution is 2.47. The van der Waals surface area contributed by atoms with E-state index in [2.05, 4.69) is 5.32 Å². The number of nitrogens with one attached hydrogen (secondary N) is 1. The summed E-state index contributed by atoms with van der Waals surface area (Å²) in [5, 5.41) is 12.3. The third-order valence-corrected chi connectivity index (χ3v) is 4.72. The van der Waals surface area contributed by atoms with Gasteiger partial charge in [-0.3, -0.25) is 9.59 Å². The minimum absolute atomic E-state index is 0.108. The molecule has 106 valence electrons. The quantitative estimate of drug-likeness (QED) is 0.866. The van der Waals surface area contributed by atoms with Gasteiger partial charge in [0, 0.05) is 6.42 Å². The average Bonchev–Trinajstić information content (AvgIpc) is 3.15. The van der Waals surface area contributed by atoms with Crippen molar-refractivity contribution in [1.29, 1.82) is 0 Å². The van der Waals surface area contributed by atoms with Gasteiger partial charge in [-0.2, -0.15) is 0 Å². The van der Waals surface area contributed by atoms with Crippen LogP contribution in [0.15, 0.2) is 30.3 Å². The molecule has 0 heterocycles. The number of carboxylic acid groups (broad SMARTS) is 1. The first-order valence-corrected chi connectivity index (χ1v) is 7.16. The van der Waals surface area contributed by atoms with Crippen LogP contribution in [0.1, 0.15) is 44.1 Å². The molecule has 4 nitrogen and oxygen atoms in total. The standard InChI is InChI=1S/C16H19NO3/c18-13(11-15(14(19)20)7-4-8-15)17-16(9-10-16)12-5-2-1-3-6-12/h1-3,5-6H,4,7-11H2,(H,17,18)(H,19,20). The van der Waals surface area contributed by atoms with Crippen molar-refractivity contribution in [2.45, 2.75) is 44.1 Å². The Morgan fingerprint density at radius 2 is 1.75 bits per heavy atom. The predicted molar refractivity (Wildman–Crippen MR) is 74.0 cm³/mol. The molecule has 2 aliphatic carbocycles. The van der Waals surface area contributed by atoms with E-state index in [1.54, 1.807) is 0 Å². The minimum atomic E-state index is -0.830. The molecule has 2 fully saturated rings. The van der Waals surface area contributed by atoms with E-state index < -0.39 is 11.4 Å². The number of carbonyl (C=O) groups is 2. The van der Waals surface area contributed by atoms with Gasteiger partial charge in [-0.1, -0.05) is 36.8 Å². The largest absolute Gasteiger partial charge is 0.481 e. The molecule has 2 N–H and O–H groups in total. The van der Waals surface area contributed by atoms with Gasteiger partial charge in [-0.15, -0.1) is 0 Å². The Morgan fingerprint density at radius 3 is 2.20 bits per heavy atom. The Balaban J connectivity index is 1.67. The van der Waals surface area contributed by atoms with Crippen LogP contribution in [0.4, 0.5) is 0 Å². The van der Waals surface area contributed by atoms with Crippen molar-refractivity contribution in [2.75, 3.05) is 0 Å². The number of carboxylic acids is 1. The summed E-state index contributed by atoms with van der Waals surface area (Å²) in [4.78, 5) is 23.5. The van der Waals surface area contributed by atoms with Crippen molar-refractivity contribution in [3.8, 4) is 0 Å². The van der Waals surface area contributed by atoms with E-state index in [1.807, 2.05) is 30.3 Å². The van der Waals surface area contributed by atoms with Crippen molar-refractivity contribution in [3.05, 3.63) is 35.9 Å². The normalized spacial score (nSPS) is 21.6. The lowest BCUT2D eigenvalue weighted by atomic mass is 9.66. The fourth-order valence-corrected chi connectivity index (χ4v) is 3.06. The predicted octanol–water partition coefficient (Wildman–Crippen LogP) is 2.44. The van der Waals surface area contributed by atoms with E-state index in [0.29, 0.717) is 12.8 Å². The maximum Gasteiger partial charge on any atom is 0.310 e. The maximum absolute atomic E-state index is 12.2. The molecule has 0 saturated heterocycles. The fourth-order valence-electron chi connectivity index (χ4n) is 3.06. The summed E-state index contributed by atoms with van der Waals surface area (Å²) < 4.78 is 0. The van der Waals surface area contributed by atoms with Gasteiger partial charge >= 0.3 is 5.97 Å². The van der Waals surface area contributed by atoms with Gasteiger partial charge in [0.1, 0.15) is 0 Å². The first-order chi connectivity index (χ1) is 9.56. The zero-order chi connectivity index (χ0) is 14.2. The van der Waals surface area contributed by atoms with Crippen LogP contribution in [-0.2, 0) is 15.1 Å². The van der Waals surface area contributed by atoms with Crippen LogP contribution in [-0.4, -0.2) is 17.0 Å². The number of hydrogen-bond acceptors (Lipinski definition) is 2. The Labute approximate surface area is 118 Å². The second-order valence-electron chi connectivity index (χ2n) is 6.11. The molecule has 4 heteroatoms. The van der Waals surface area contributed by atoms with E-state index in [1.165, 1.54) is 0 Å². The first kappa shape index (κ1) is 13.2. The first-order valence-electron chi connectivity index (χ1n) is 7.16. The van der Waals surface area contributed by atoms with E-state index in [-0.39, 0.29) is 17.9 Å². The molecule has 0 unspecified atom stereocenters. The summed E-state index contributed by atoms with van der Waals surface area (Å²) in [6, 6.07) is 9.92. The lowest BCUT2D eigenvalue weighted by molar-refractivity contribution is -0.157. The number of hydrogen-bond donors (Lipinski definition) is 2. The third-order valence-electron chi connectivity index (χ3n) is 4.72. The Hall–Kier alpha value is -1.84. The molecule has 2 saturated carbocycles. The lowest BCUT2D eigenvalue weighted by Gasteiger charge is -2.37. The number of carbonyl (C=O) groups excluding carboxylic acids is 1. The zero-order valence-electron chi connectivity index (χ0n) is 11.4. The summed E-state index contributed by atoms with van der Waals surface area (Å²) in [5.74, 6) is -0.961. The monoisotopic (exact) mass is 273 g/mol. The molecule has 1 amide bonds. The zero-order valence-corrected chi connectivity index (χ0v) is 11.4. The SMILES string of the molecule is O=C(CC1(C(=O)O)CCC1)NC1(c2ccccc2)CC1. The third kappa shape index (κ3) is 2.19. The summed E-state index contributed by atoms with van der Waals surface area (Å²) in [6.07, 6.45) is 4.12. The number of rotatable bonds is 5. The topological polar surface area (TPSA) is 66.4 Å². The molecule has 20 heavy (non-hydrogen) atoms. The molecule has 3 rings (SSSR count). The highest BCUT2D eigenvalue weighted by Gasteiger charge is 2.49. The number of benzene rings is 1. The molecular weight excluding hydrogens is 254 g/mol. The molecule has 2 aliphatic rings.